The molecule has 2 aromatic carbocycles. The van der Waals surface area contributed by atoms with Crippen LogP contribution in [0.15, 0.2) is 42.5 Å². The van der Waals surface area contributed by atoms with Crippen molar-refractivity contribution in [1.82, 2.24) is 20.2 Å². The summed E-state index contributed by atoms with van der Waals surface area (Å²) in [7, 11) is 3.80. The SMILES string of the molecule is CC(C)c1nc(C(=O)Nc2ccc(CC(=O)c3ccc(F)cc3Cl)cc2)c(C(=O)NCCN(C)C)[nH]1. The number of likely N-dealkylation sites (N-methyl/N-ethyl adjacent to an activating group) is 1. The molecule has 0 spiro atoms. The van der Waals surface area contributed by atoms with E-state index >= 15 is 0 Å². The van der Waals surface area contributed by atoms with Crippen LogP contribution in [-0.4, -0.2) is 59.7 Å². The van der Waals surface area contributed by atoms with Crippen LogP contribution in [-0.2, 0) is 6.42 Å². The van der Waals surface area contributed by atoms with Crippen molar-refractivity contribution in [3.05, 3.63) is 81.6 Å². The third kappa shape index (κ3) is 6.99. The zero-order valence-corrected chi connectivity index (χ0v) is 21.4. The molecule has 0 aliphatic heterocycles. The molecule has 0 radical (unpaired) electrons. The summed E-state index contributed by atoms with van der Waals surface area (Å²) in [4.78, 5) is 47.5. The van der Waals surface area contributed by atoms with Crippen LogP contribution in [0.2, 0.25) is 5.02 Å². The van der Waals surface area contributed by atoms with E-state index in [4.69, 9.17) is 11.6 Å². The molecular formula is C26H29ClFN5O3. The molecule has 0 atom stereocenters. The van der Waals surface area contributed by atoms with E-state index in [2.05, 4.69) is 20.6 Å². The normalized spacial score (nSPS) is 11.1. The van der Waals surface area contributed by atoms with Gasteiger partial charge in [-0.2, -0.15) is 0 Å². The second-order valence-corrected chi connectivity index (χ2v) is 9.34. The highest BCUT2D eigenvalue weighted by molar-refractivity contribution is 6.34. The fraction of sp³-hybridized carbons (Fsp3) is 0.308. The number of H-pyrrole nitrogens is 1. The van der Waals surface area contributed by atoms with Crippen LogP contribution < -0.4 is 10.6 Å². The predicted molar refractivity (Wildman–Crippen MR) is 137 cm³/mol. The van der Waals surface area contributed by atoms with Gasteiger partial charge in [0.25, 0.3) is 11.8 Å². The Labute approximate surface area is 214 Å². The number of aromatic nitrogens is 2. The lowest BCUT2D eigenvalue weighted by atomic mass is 10.0. The highest BCUT2D eigenvalue weighted by atomic mass is 35.5. The highest BCUT2D eigenvalue weighted by Crippen LogP contribution is 2.21. The summed E-state index contributed by atoms with van der Waals surface area (Å²) in [6, 6.07) is 10.4. The smallest absolute Gasteiger partial charge is 0.276 e. The van der Waals surface area contributed by atoms with Crippen LogP contribution in [0.25, 0.3) is 0 Å². The number of nitrogens with zero attached hydrogens (tertiary/aromatic N) is 2. The molecule has 0 unspecified atom stereocenters. The maximum absolute atomic E-state index is 13.2. The first-order chi connectivity index (χ1) is 17.0. The molecule has 190 valence electrons. The number of halogens is 2. The average molecular weight is 514 g/mol. The van der Waals surface area contributed by atoms with E-state index < -0.39 is 17.6 Å². The van der Waals surface area contributed by atoms with Crippen LogP contribution >= 0.6 is 11.6 Å². The van der Waals surface area contributed by atoms with Gasteiger partial charge >= 0.3 is 0 Å². The number of ketones is 1. The lowest BCUT2D eigenvalue weighted by molar-refractivity contribution is 0.0932. The van der Waals surface area contributed by atoms with Crippen molar-refractivity contribution in [3.8, 4) is 0 Å². The van der Waals surface area contributed by atoms with Crippen LogP contribution in [0.3, 0.4) is 0 Å². The van der Waals surface area contributed by atoms with E-state index in [0.29, 0.717) is 30.2 Å². The zero-order valence-electron chi connectivity index (χ0n) is 20.6. The number of imidazole rings is 1. The molecule has 8 nitrogen and oxygen atoms in total. The Morgan fingerprint density at radius 2 is 1.78 bits per heavy atom. The molecular weight excluding hydrogens is 485 g/mol. The van der Waals surface area contributed by atoms with Gasteiger partial charge in [0, 0.05) is 36.7 Å². The van der Waals surface area contributed by atoms with E-state index in [1.807, 2.05) is 32.8 Å². The summed E-state index contributed by atoms with van der Waals surface area (Å²) in [6.07, 6.45) is 0.0635. The van der Waals surface area contributed by atoms with E-state index in [9.17, 15) is 18.8 Å². The molecule has 1 heterocycles. The Morgan fingerprint density at radius 3 is 2.39 bits per heavy atom. The van der Waals surface area contributed by atoms with Gasteiger partial charge in [0.2, 0.25) is 0 Å². The maximum Gasteiger partial charge on any atom is 0.276 e. The van der Waals surface area contributed by atoms with Gasteiger partial charge in [-0.15, -0.1) is 0 Å². The summed E-state index contributed by atoms with van der Waals surface area (Å²) >= 11 is 5.98. The second kappa shape index (κ2) is 11.9. The molecule has 1 aromatic heterocycles. The van der Waals surface area contributed by atoms with Crippen LogP contribution in [0.5, 0.6) is 0 Å². The lowest BCUT2D eigenvalue weighted by Crippen LogP contribution is -2.32. The molecule has 0 aliphatic rings. The Morgan fingerprint density at radius 1 is 1.08 bits per heavy atom. The van der Waals surface area contributed by atoms with Gasteiger partial charge in [0.05, 0.1) is 5.02 Å². The number of benzene rings is 2. The van der Waals surface area contributed by atoms with Crippen molar-refractivity contribution in [2.75, 3.05) is 32.5 Å². The number of carbonyl (C=O) groups excluding carboxylic acids is 3. The van der Waals surface area contributed by atoms with Gasteiger partial charge in [-0.3, -0.25) is 14.4 Å². The van der Waals surface area contributed by atoms with Gasteiger partial charge in [-0.1, -0.05) is 37.6 Å². The van der Waals surface area contributed by atoms with Gasteiger partial charge in [-0.05, 0) is 50.0 Å². The second-order valence-electron chi connectivity index (χ2n) is 8.93. The Balaban J connectivity index is 1.70. The molecule has 3 N–H and O–H groups in total. The Bertz CT molecular complexity index is 1250. The molecule has 0 saturated carbocycles. The summed E-state index contributed by atoms with van der Waals surface area (Å²) in [6.45, 7) is 4.90. The quantitative estimate of drug-likeness (QED) is 0.350. The topological polar surface area (TPSA) is 107 Å². The van der Waals surface area contributed by atoms with E-state index in [-0.39, 0.29) is 40.1 Å². The Hall–Kier alpha value is -3.56. The summed E-state index contributed by atoms with van der Waals surface area (Å²) in [5, 5.41) is 5.60. The van der Waals surface area contributed by atoms with Crippen LogP contribution in [0.1, 0.15) is 62.5 Å². The average Bonchev–Trinajstić information content (AvgIpc) is 3.26. The maximum atomic E-state index is 13.2. The predicted octanol–water partition coefficient (Wildman–Crippen LogP) is 4.29. The molecule has 0 bridgehead atoms. The number of hydrogen-bond acceptors (Lipinski definition) is 5. The van der Waals surface area contributed by atoms with Crippen molar-refractivity contribution < 1.29 is 18.8 Å². The first-order valence-corrected chi connectivity index (χ1v) is 11.8. The first-order valence-electron chi connectivity index (χ1n) is 11.5. The van der Waals surface area contributed by atoms with Gasteiger partial charge in [0.15, 0.2) is 11.5 Å². The van der Waals surface area contributed by atoms with Gasteiger partial charge in [-0.25, -0.2) is 9.37 Å². The van der Waals surface area contributed by atoms with Crippen molar-refractivity contribution in [1.29, 1.82) is 0 Å². The molecule has 10 heteroatoms. The van der Waals surface area contributed by atoms with Crippen LogP contribution in [0, 0.1) is 5.82 Å². The molecule has 36 heavy (non-hydrogen) atoms. The zero-order chi connectivity index (χ0) is 26.4. The van der Waals surface area contributed by atoms with Gasteiger partial charge < -0.3 is 20.5 Å². The fourth-order valence-electron chi connectivity index (χ4n) is 3.37. The first kappa shape index (κ1) is 27.0. The number of aromatic amines is 1. The fourth-order valence-corrected chi connectivity index (χ4v) is 3.64. The van der Waals surface area contributed by atoms with E-state index in [1.165, 1.54) is 12.1 Å². The largest absolute Gasteiger partial charge is 0.349 e. The molecule has 3 rings (SSSR count). The van der Waals surface area contributed by atoms with Crippen LogP contribution in [0.4, 0.5) is 10.1 Å². The summed E-state index contributed by atoms with van der Waals surface area (Å²) < 4.78 is 13.2. The van der Waals surface area contributed by atoms with Crippen molar-refractivity contribution >= 4 is 34.9 Å². The number of carbonyl (C=O) groups is 3. The standard InChI is InChI=1S/C26H29ClFN5O3/c1-15(2)24-31-22(25(35)29-11-12-33(3)4)23(32-24)26(36)30-18-8-5-16(6-9-18)13-21(34)19-10-7-17(28)14-20(19)27/h5-10,14-15H,11-13H2,1-4H3,(H,29,35)(H,30,36)(H,31,32). The number of anilines is 1. The highest BCUT2D eigenvalue weighted by Gasteiger charge is 2.24. The number of amides is 2. The molecule has 3 aromatic rings. The van der Waals surface area contributed by atoms with E-state index in [1.54, 1.807) is 24.3 Å². The minimum absolute atomic E-state index is 0.00580. The minimum Gasteiger partial charge on any atom is -0.349 e. The number of hydrogen-bond donors (Lipinski definition) is 3. The van der Waals surface area contributed by atoms with Crippen molar-refractivity contribution in [3.63, 3.8) is 0 Å². The van der Waals surface area contributed by atoms with Gasteiger partial charge in [0.1, 0.15) is 17.3 Å². The number of Topliss-reactive ketones (excluding diaryl/α,β-unsaturated/α-hetero) is 1. The summed E-state index contributed by atoms with van der Waals surface area (Å²) in [5.41, 5.74) is 1.52. The minimum atomic E-state index is -0.530. The van der Waals surface area contributed by atoms with Crippen molar-refractivity contribution in [2.24, 2.45) is 0 Å². The molecule has 0 fully saturated rings. The lowest BCUT2D eigenvalue weighted by Gasteiger charge is -2.10. The number of nitrogens with one attached hydrogen (secondary N) is 3. The molecule has 0 aliphatic carbocycles. The third-order valence-electron chi connectivity index (χ3n) is 5.36. The van der Waals surface area contributed by atoms with Crippen molar-refractivity contribution in [2.45, 2.75) is 26.2 Å². The van der Waals surface area contributed by atoms with E-state index in [0.717, 1.165) is 6.07 Å². The molecule has 0 saturated heterocycles. The molecule has 2 amide bonds. The third-order valence-corrected chi connectivity index (χ3v) is 5.68. The Kier molecular flexibility index (Phi) is 8.95. The monoisotopic (exact) mass is 513 g/mol. The summed E-state index contributed by atoms with van der Waals surface area (Å²) in [5.74, 6) is -1.17. The number of rotatable bonds is 10.